The molecule has 2 N–H and O–H groups in total. The number of likely N-dealkylation sites (N-methyl/N-ethyl adjacent to an activating group) is 1. The maximum atomic E-state index is 11.8. The molecule has 4 nitrogen and oxygen atoms in total. The van der Waals surface area contributed by atoms with E-state index in [0.29, 0.717) is 12.5 Å². The normalized spacial score (nSPS) is 18.1. The lowest BCUT2D eigenvalue weighted by Gasteiger charge is -2.22. The van der Waals surface area contributed by atoms with Crippen molar-refractivity contribution in [3.63, 3.8) is 0 Å². The predicted molar refractivity (Wildman–Crippen MR) is 80.8 cm³/mol. The zero-order chi connectivity index (χ0) is 12.8. The Morgan fingerprint density at radius 1 is 1.42 bits per heavy atom. The summed E-state index contributed by atoms with van der Waals surface area (Å²) in [5.74, 6) is 0.0824. The van der Waals surface area contributed by atoms with Crippen LogP contribution in [0, 0.1) is 0 Å². The standard InChI is InChI=1S/C14H21N3O.ClH/c1-17(13-7-9-15-11-13)10-8-14(18)16-12-5-3-2-4-6-12;/h2-6,13,15H,7-11H2,1H3,(H,16,18);1H. The summed E-state index contributed by atoms with van der Waals surface area (Å²) in [6.07, 6.45) is 1.72. The van der Waals surface area contributed by atoms with E-state index in [2.05, 4.69) is 22.6 Å². The molecule has 5 heteroatoms. The number of anilines is 1. The Bertz CT molecular complexity index is 380. The summed E-state index contributed by atoms with van der Waals surface area (Å²) in [4.78, 5) is 14.0. The molecule has 0 radical (unpaired) electrons. The minimum atomic E-state index is 0. The van der Waals surface area contributed by atoms with E-state index in [1.165, 1.54) is 6.42 Å². The minimum Gasteiger partial charge on any atom is -0.326 e. The van der Waals surface area contributed by atoms with Gasteiger partial charge in [0.15, 0.2) is 0 Å². The van der Waals surface area contributed by atoms with Crippen molar-refractivity contribution in [3.05, 3.63) is 30.3 Å². The summed E-state index contributed by atoms with van der Waals surface area (Å²) in [5, 5.41) is 6.25. The molecule has 1 fully saturated rings. The van der Waals surface area contributed by atoms with Crippen molar-refractivity contribution in [3.8, 4) is 0 Å². The molecule has 1 aliphatic rings. The van der Waals surface area contributed by atoms with E-state index in [0.717, 1.165) is 25.3 Å². The molecular formula is C14H22ClN3O. The molecule has 1 aliphatic heterocycles. The quantitative estimate of drug-likeness (QED) is 0.865. The predicted octanol–water partition coefficient (Wildman–Crippen LogP) is 1.73. The number of amides is 1. The molecule has 1 saturated heterocycles. The van der Waals surface area contributed by atoms with Gasteiger partial charge in [-0.25, -0.2) is 0 Å². The average molecular weight is 284 g/mol. The maximum Gasteiger partial charge on any atom is 0.225 e. The van der Waals surface area contributed by atoms with Crippen LogP contribution in [0.3, 0.4) is 0 Å². The second kappa shape index (κ2) is 8.15. The molecule has 1 unspecified atom stereocenters. The van der Waals surface area contributed by atoms with Crippen LogP contribution in [0.25, 0.3) is 0 Å². The Balaban J connectivity index is 0.00000180. The molecule has 0 aliphatic carbocycles. The highest BCUT2D eigenvalue weighted by molar-refractivity contribution is 5.90. The minimum absolute atomic E-state index is 0. The molecular weight excluding hydrogens is 262 g/mol. The Hall–Kier alpha value is -1.10. The van der Waals surface area contributed by atoms with Crippen LogP contribution in [0.5, 0.6) is 0 Å². The van der Waals surface area contributed by atoms with Crippen LogP contribution in [0.15, 0.2) is 30.3 Å². The molecule has 2 rings (SSSR count). The Morgan fingerprint density at radius 2 is 2.16 bits per heavy atom. The van der Waals surface area contributed by atoms with E-state index in [4.69, 9.17) is 0 Å². The third kappa shape index (κ3) is 5.19. The molecule has 0 bridgehead atoms. The van der Waals surface area contributed by atoms with Gasteiger partial charge in [0, 0.05) is 31.2 Å². The van der Waals surface area contributed by atoms with E-state index < -0.39 is 0 Å². The lowest BCUT2D eigenvalue weighted by molar-refractivity contribution is -0.116. The van der Waals surface area contributed by atoms with Gasteiger partial charge in [-0.05, 0) is 32.1 Å². The van der Waals surface area contributed by atoms with Gasteiger partial charge in [-0.1, -0.05) is 18.2 Å². The lowest BCUT2D eigenvalue weighted by Crippen LogP contribution is -2.35. The molecule has 0 saturated carbocycles. The monoisotopic (exact) mass is 283 g/mol. The van der Waals surface area contributed by atoms with Gasteiger partial charge in [-0.2, -0.15) is 0 Å². The molecule has 106 valence electrons. The van der Waals surface area contributed by atoms with Crippen molar-refractivity contribution < 1.29 is 4.79 Å². The van der Waals surface area contributed by atoms with E-state index >= 15 is 0 Å². The van der Waals surface area contributed by atoms with Crippen LogP contribution >= 0.6 is 12.4 Å². The summed E-state index contributed by atoms with van der Waals surface area (Å²) in [6, 6.07) is 10.2. The van der Waals surface area contributed by atoms with Gasteiger partial charge in [0.1, 0.15) is 0 Å². The fourth-order valence-electron chi connectivity index (χ4n) is 2.22. The van der Waals surface area contributed by atoms with Gasteiger partial charge in [-0.3, -0.25) is 4.79 Å². The molecule has 1 heterocycles. The Morgan fingerprint density at radius 3 is 2.79 bits per heavy atom. The van der Waals surface area contributed by atoms with Crippen molar-refractivity contribution in [1.82, 2.24) is 10.2 Å². The number of halogens is 1. The van der Waals surface area contributed by atoms with Gasteiger partial charge in [-0.15, -0.1) is 12.4 Å². The van der Waals surface area contributed by atoms with Crippen molar-refractivity contribution >= 4 is 24.0 Å². The van der Waals surface area contributed by atoms with Crippen LogP contribution in [0.4, 0.5) is 5.69 Å². The lowest BCUT2D eigenvalue weighted by atomic mass is 10.2. The Kier molecular flexibility index (Phi) is 6.84. The number of nitrogens with one attached hydrogen (secondary N) is 2. The average Bonchev–Trinajstić information content (AvgIpc) is 2.91. The molecule has 1 aromatic carbocycles. The number of benzene rings is 1. The number of para-hydroxylation sites is 1. The SMILES string of the molecule is CN(CCC(=O)Nc1ccccc1)C1CCNC1.Cl. The zero-order valence-corrected chi connectivity index (χ0v) is 12.1. The van der Waals surface area contributed by atoms with Crippen LogP contribution in [-0.2, 0) is 4.79 Å². The van der Waals surface area contributed by atoms with Crippen molar-refractivity contribution in [2.24, 2.45) is 0 Å². The molecule has 1 amide bonds. The summed E-state index contributed by atoms with van der Waals surface area (Å²) in [7, 11) is 2.09. The highest BCUT2D eigenvalue weighted by Crippen LogP contribution is 2.08. The van der Waals surface area contributed by atoms with Crippen molar-refractivity contribution in [1.29, 1.82) is 0 Å². The van der Waals surface area contributed by atoms with E-state index in [-0.39, 0.29) is 18.3 Å². The van der Waals surface area contributed by atoms with Crippen LogP contribution in [0.2, 0.25) is 0 Å². The zero-order valence-electron chi connectivity index (χ0n) is 11.3. The fraction of sp³-hybridized carbons (Fsp3) is 0.500. The second-order valence-electron chi connectivity index (χ2n) is 4.79. The molecule has 1 aromatic rings. The summed E-state index contributed by atoms with van der Waals surface area (Å²) in [5.41, 5.74) is 0.868. The molecule has 0 spiro atoms. The van der Waals surface area contributed by atoms with Crippen LogP contribution in [-0.4, -0.2) is 43.5 Å². The number of hydrogen-bond donors (Lipinski definition) is 2. The first-order valence-electron chi connectivity index (χ1n) is 6.51. The van der Waals surface area contributed by atoms with Crippen LogP contribution in [0.1, 0.15) is 12.8 Å². The number of carbonyl (C=O) groups is 1. The topological polar surface area (TPSA) is 44.4 Å². The molecule has 0 aromatic heterocycles. The summed E-state index contributed by atoms with van der Waals surface area (Å²) in [6.45, 7) is 2.94. The fourth-order valence-corrected chi connectivity index (χ4v) is 2.22. The largest absolute Gasteiger partial charge is 0.326 e. The van der Waals surface area contributed by atoms with Crippen LogP contribution < -0.4 is 10.6 Å². The number of hydrogen-bond acceptors (Lipinski definition) is 3. The maximum absolute atomic E-state index is 11.8. The van der Waals surface area contributed by atoms with Gasteiger partial charge in [0.05, 0.1) is 0 Å². The highest BCUT2D eigenvalue weighted by atomic mass is 35.5. The Labute approximate surface area is 121 Å². The van der Waals surface area contributed by atoms with E-state index in [1.54, 1.807) is 0 Å². The van der Waals surface area contributed by atoms with Gasteiger partial charge >= 0.3 is 0 Å². The first kappa shape index (κ1) is 16.0. The second-order valence-corrected chi connectivity index (χ2v) is 4.79. The number of rotatable bonds is 5. The first-order valence-corrected chi connectivity index (χ1v) is 6.51. The molecule has 19 heavy (non-hydrogen) atoms. The smallest absolute Gasteiger partial charge is 0.225 e. The molecule has 1 atom stereocenters. The number of nitrogens with zero attached hydrogens (tertiary/aromatic N) is 1. The van der Waals surface area contributed by atoms with E-state index in [1.807, 2.05) is 30.3 Å². The van der Waals surface area contributed by atoms with Crippen molar-refractivity contribution in [2.45, 2.75) is 18.9 Å². The first-order chi connectivity index (χ1) is 8.75. The van der Waals surface area contributed by atoms with Gasteiger partial charge < -0.3 is 15.5 Å². The highest BCUT2D eigenvalue weighted by Gasteiger charge is 2.19. The summed E-state index contributed by atoms with van der Waals surface area (Å²) >= 11 is 0. The van der Waals surface area contributed by atoms with Gasteiger partial charge in [0.2, 0.25) is 5.91 Å². The number of carbonyl (C=O) groups excluding carboxylic acids is 1. The summed E-state index contributed by atoms with van der Waals surface area (Å²) < 4.78 is 0. The third-order valence-electron chi connectivity index (χ3n) is 3.41. The third-order valence-corrected chi connectivity index (χ3v) is 3.41. The van der Waals surface area contributed by atoms with Gasteiger partial charge in [0.25, 0.3) is 0 Å². The van der Waals surface area contributed by atoms with E-state index in [9.17, 15) is 4.79 Å². The van der Waals surface area contributed by atoms with Crippen molar-refractivity contribution in [2.75, 3.05) is 32.0 Å².